The lowest BCUT2D eigenvalue weighted by molar-refractivity contribution is -0.181. The molecular formula is C17H21NO2. The van der Waals surface area contributed by atoms with E-state index in [9.17, 15) is 4.79 Å². The number of amides is 1. The van der Waals surface area contributed by atoms with Crippen molar-refractivity contribution < 1.29 is 9.63 Å². The normalized spacial score (nSPS) is 11.1. The molecule has 0 heterocycles. The van der Waals surface area contributed by atoms with E-state index in [1.54, 1.807) is 6.92 Å². The van der Waals surface area contributed by atoms with Crippen LogP contribution in [0, 0.1) is 0 Å². The summed E-state index contributed by atoms with van der Waals surface area (Å²) in [6, 6.07) is 9.72. The molecule has 0 aliphatic carbocycles. The Morgan fingerprint density at radius 1 is 1.30 bits per heavy atom. The number of hydroxylamine groups is 2. The summed E-state index contributed by atoms with van der Waals surface area (Å²) in [6.07, 6.45) is 7.57. The lowest BCUT2D eigenvalue weighted by Gasteiger charge is -2.21. The van der Waals surface area contributed by atoms with E-state index in [0.717, 1.165) is 5.56 Å². The van der Waals surface area contributed by atoms with Crippen LogP contribution in [0.25, 0.3) is 0 Å². The van der Waals surface area contributed by atoms with E-state index in [1.165, 1.54) is 5.06 Å². The first-order valence-corrected chi connectivity index (χ1v) is 6.57. The largest absolute Gasteiger partial charge is 0.272 e. The molecule has 3 nitrogen and oxygen atoms in total. The highest BCUT2D eigenvalue weighted by atomic mass is 16.7. The van der Waals surface area contributed by atoms with Crippen molar-refractivity contribution >= 4 is 5.91 Å². The van der Waals surface area contributed by atoms with Gasteiger partial charge in [0.25, 0.3) is 5.91 Å². The van der Waals surface area contributed by atoms with Crippen molar-refractivity contribution in [2.45, 2.75) is 20.4 Å². The first-order chi connectivity index (χ1) is 9.65. The van der Waals surface area contributed by atoms with Crippen LogP contribution in [0.5, 0.6) is 0 Å². The van der Waals surface area contributed by atoms with E-state index in [1.807, 2.05) is 61.6 Å². The Morgan fingerprint density at radius 2 is 2.00 bits per heavy atom. The Labute approximate surface area is 120 Å². The maximum absolute atomic E-state index is 12.0. The van der Waals surface area contributed by atoms with Crippen LogP contribution in [0.1, 0.15) is 19.4 Å². The number of carbonyl (C=O) groups is 1. The second-order valence-corrected chi connectivity index (χ2v) is 4.36. The van der Waals surface area contributed by atoms with Gasteiger partial charge < -0.3 is 0 Å². The number of hydrogen-bond donors (Lipinski definition) is 0. The molecular weight excluding hydrogens is 250 g/mol. The molecule has 106 valence electrons. The van der Waals surface area contributed by atoms with Crippen molar-refractivity contribution in [1.82, 2.24) is 5.06 Å². The molecule has 0 unspecified atom stereocenters. The molecule has 0 saturated heterocycles. The van der Waals surface area contributed by atoms with Crippen molar-refractivity contribution in [3.8, 4) is 0 Å². The van der Waals surface area contributed by atoms with Gasteiger partial charge in [0, 0.05) is 5.57 Å². The summed E-state index contributed by atoms with van der Waals surface area (Å²) in [5.74, 6) is -0.201. The fourth-order valence-electron chi connectivity index (χ4n) is 1.52. The third-order valence-corrected chi connectivity index (χ3v) is 2.53. The smallest absolute Gasteiger partial charge is 0.267 e. The van der Waals surface area contributed by atoms with E-state index in [-0.39, 0.29) is 5.91 Å². The highest BCUT2D eigenvalue weighted by Crippen LogP contribution is 2.08. The fraction of sp³-hybridized carbons (Fsp3) is 0.235. The van der Waals surface area contributed by atoms with Crippen molar-refractivity contribution in [3.63, 3.8) is 0 Å². The predicted molar refractivity (Wildman–Crippen MR) is 81.7 cm³/mol. The molecule has 0 aliphatic heterocycles. The molecule has 0 fully saturated rings. The Morgan fingerprint density at radius 3 is 2.60 bits per heavy atom. The maximum atomic E-state index is 12.0. The van der Waals surface area contributed by atoms with E-state index < -0.39 is 0 Å². The zero-order chi connectivity index (χ0) is 14.8. The number of hydrogen-bond acceptors (Lipinski definition) is 2. The highest BCUT2D eigenvalue weighted by Gasteiger charge is 2.15. The minimum absolute atomic E-state index is 0.201. The van der Waals surface area contributed by atoms with Crippen LogP contribution >= 0.6 is 0 Å². The third-order valence-electron chi connectivity index (χ3n) is 2.53. The number of carbonyl (C=O) groups excluding carboxylic acids is 1. The summed E-state index contributed by atoms with van der Waals surface area (Å²) in [5.41, 5.74) is 1.47. The number of benzene rings is 1. The van der Waals surface area contributed by atoms with Gasteiger partial charge in [-0.2, -0.15) is 0 Å². The molecule has 0 atom stereocenters. The van der Waals surface area contributed by atoms with Gasteiger partial charge >= 0.3 is 0 Å². The van der Waals surface area contributed by atoms with Crippen LogP contribution < -0.4 is 0 Å². The molecule has 0 aromatic heterocycles. The van der Waals surface area contributed by atoms with Crippen LogP contribution in [-0.2, 0) is 16.2 Å². The summed E-state index contributed by atoms with van der Waals surface area (Å²) in [5, 5.41) is 1.34. The molecule has 20 heavy (non-hydrogen) atoms. The summed E-state index contributed by atoms with van der Waals surface area (Å²) in [6.45, 7) is 8.05. The van der Waals surface area contributed by atoms with Gasteiger partial charge in [0.1, 0.15) is 0 Å². The van der Waals surface area contributed by atoms with Crippen molar-refractivity contribution in [1.29, 1.82) is 0 Å². The van der Waals surface area contributed by atoms with E-state index in [0.29, 0.717) is 18.7 Å². The Bertz CT molecular complexity index is 489. The standard InChI is InChI=1S/C17H21NO2/c1-4-5-6-10-13-20-18(17(19)15(2)3)14-16-11-8-7-9-12-16/h4-12H,2,13-14H2,1,3H3/b5-4+,10-6+. The summed E-state index contributed by atoms with van der Waals surface area (Å²) in [4.78, 5) is 17.5. The lowest BCUT2D eigenvalue weighted by Crippen LogP contribution is -2.31. The molecule has 0 bridgehead atoms. The molecule has 1 aromatic carbocycles. The third kappa shape index (κ3) is 5.67. The zero-order valence-corrected chi connectivity index (χ0v) is 12.1. The first kappa shape index (κ1) is 15.9. The number of rotatable bonds is 7. The molecule has 0 spiro atoms. The second kappa shape index (κ2) is 8.88. The molecule has 3 heteroatoms. The predicted octanol–water partition coefficient (Wildman–Crippen LogP) is 3.66. The van der Waals surface area contributed by atoms with Crippen LogP contribution in [0.2, 0.25) is 0 Å². The van der Waals surface area contributed by atoms with Crippen molar-refractivity contribution in [3.05, 3.63) is 72.4 Å². The van der Waals surface area contributed by atoms with Gasteiger partial charge in [-0.3, -0.25) is 9.63 Å². The van der Waals surface area contributed by atoms with Gasteiger partial charge in [-0.15, -0.1) is 0 Å². The molecule has 1 amide bonds. The van der Waals surface area contributed by atoms with E-state index in [2.05, 4.69) is 6.58 Å². The molecule has 0 saturated carbocycles. The van der Waals surface area contributed by atoms with Crippen LogP contribution in [0.4, 0.5) is 0 Å². The van der Waals surface area contributed by atoms with Gasteiger partial charge in [-0.25, -0.2) is 5.06 Å². The van der Waals surface area contributed by atoms with E-state index >= 15 is 0 Å². The quantitative estimate of drug-likeness (QED) is 0.430. The maximum Gasteiger partial charge on any atom is 0.272 e. The monoisotopic (exact) mass is 271 g/mol. The Hall–Kier alpha value is -2.13. The molecule has 0 aliphatic rings. The van der Waals surface area contributed by atoms with E-state index in [4.69, 9.17) is 4.84 Å². The Kier molecular flexibility index (Phi) is 7.07. The molecule has 1 rings (SSSR count). The minimum Gasteiger partial charge on any atom is -0.267 e. The lowest BCUT2D eigenvalue weighted by atomic mass is 10.2. The molecule has 0 radical (unpaired) electrons. The van der Waals surface area contributed by atoms with Gasteiger partial charge in [0.05, 0.1) is 13.2 Å². The van der Waals surface area contributed by atoms with Crippen LogP contribution in [0.3, 0.4) is 0 Å². The summed E-state index contributed by atoms with van der Waals surface area (Å²) >= 11 is 0. The Balaban J connectivity index is 2.66. The average molecular weight is 271 g/mol. The number of allylic oxidation sites excluding steroid dienone is 3. The van der Waals surface area contributed by atoms with Crippen LogP contribution in [-0.4, -0.2) is 17.6 Å². The summed E-state index contributed by atoms with van der Waals surface area (Å²) in [7, 11) is 0. The SMILES string of the molecule is C=C(C)C(=O)N(Cc1ccccc1)OC/C=C/C=C/C. The van der Waals surface area contributed by atoms with Gasteiger partial charge in [-0.05, 0) is 19.4 Å². The van der Waals surface area contributed by atoms with Crippen LogP contribution in [0.15, 0.2) is 66.8 Å². The second-order valence-electron chi connectivity index (χ2n) is 4.36. The van der Waals surface area contributed by atoms with Crippen molar-refractivity contribution in [2.75, 3.05) is 6.61 Å². The first-order valence-electron chi connectivity index (χ1n) is 6.57. The minimum atomic E-state index is -0.201. The fourth-order valence-corrected chi connectivity index (χ4v) is 1.52. The van der Waals surface area contributed by atoms with Crippen molar-refractivity contribution in [2.24, 2.45) is 0 Å². The average Bonchev–Trinajstić information content (AvgIpc) is 2.46. The van der Waals surface area contributed by atoms with Gasteiger partial charge in [0.2, 0.25) is 0 Å². The molecule has 1 aromatic rings. The molecule has 0 N–H and O–H groups in total. The number of nitrogens with zero attached hydrogens (tertiary/aromatic N) is 1. The van der Waals surface area contributed by atoms with Gasteiger partial charge in [-0.1, -0.05) is 61.2 Å². The van der Waals surface area contributed by atoms with Gasteiger partial charge in [0.15, 0.2) is 0 Å². The zero-order valence-electron chi connectivity index (χ0n) is 12.1. The highest BCUT2D eigenvalue weighted by molar-refractivity contribution is 5.91. The summed E-state index contributed by atoms with van der Waals surface area (Å²) < 4.78 is 0. The topological polar surface area (TPSA) is 29.5 Å².